The molecule has 3 aromatic rings. The first kappa shape index (κ1) is 15.9. The molecule has 24 heavy (non-hydrogen) atoms. The van der Waals surface area contributed by atoms with E-state index in [4.69, 9.17) is 0 Å². The number of hydrogen-bond donors (Lipinski definition) is 1. The minimum atomic E-state index is -0.842. The molecule has 0 aliphatic heterocycles. The van der Waals surface area contributed by atoms with Crippen molar-refractivity contribution in [1.29, 1.82) is 0 Å². The zero-order valence-electron chi connectivity index (χ0n) is 13.2. The fourth-order valence-electron chi connectivity index (χ4n) is 2.82. The van der Waals surface area contributed by atoms with Crippen molar-refractivity contribution < 1.29 is 9.31 Å². The number of anilines is 1. The van der Waals surface area contributed by atoms with Crippen molar-refractivity contribution in [1.82, 2.24) is 9.55 Å². The first-order valence-corrected chi connectivity index (χ1v) is 7.72. The van der Waals surface area contributed by atoms with Gasteiger partial charge in [-0.3, -0.25) is 10.1 Å². The second kappa shape index (κ2) is 6.66. The number of nitrogens with zero attached hydrogens (tertiary/aromatic N) is 3. The van der Waals surface area contributed by atoms with Crippen molar-refractivity contribution in [2.45, 2.75) is 19.9 Å². The van der Waals surface area contributed by atoms with Gasteiger partial charge in [-0.05, 0) is 31.2 Å². The Balaban J connectivity index is 1.78. The van der Waals surface area contributed by atoms with E-state index in [9.17, 15) is 14.5 Å². The molecule has 0 fully saturated rings. The van der Waals surface area contributed by atoms with E-state index < -0.39 is 16.4 Å². The molecule has 2 aromatic carbocycles. The number of nitrogens with one attached hydrogen (secondary N) is 1. The summed E-state index contributed by atoms with van der Waals surface area (Å²) in [5.41, 5.74) is 1.64. The minimum absolute atomic E-state index is 0.180. The molecule has 0 aliphatic rings. The highest BCUT2D eigenvalue weighted by Crippen LogP contribution is 2.27. The summed E-state index contributed by atoms with van der Waals surface area (Å²) < 4.78 is 15.7. The van der Waals surface area contributed by atoms with E-state index in [2.05, 4.69) is 14.9 Å². The van der Waals surface area contributed by atoms with Gasteiger partial charge in [-0.2, -0.15) is 4.39 Å². The van der Waals surface area contributed by atoms with Gasteiger partial charge in [-0.25, -0.2) is 4.98 Å². The average molecular weight is 328 g/mol. The van der Waals surface area contributed by atoms with Crippen LogP contribution in [-0.4, -0.2) is 21.0 Å². The summed E-state index contributed by atoms with van der Waals surface area (Å²) >= 11 is 0. The van der Waals surface area contributed by atoms with Crippen molar-refractivity contribution in [2.75, 3.05) is 11.9 Å². The lowest BCUT2D eigenvalue weighted by atomic mass is 10.2. The lowest BCUT2D eigenvalue weighted by Gasteiger charge is -2.09. The van der Waals surface area contributed by atoms with Crippen molar-refractivity contribution in [3.05, 3.63) is 64.2 Å². The van der Waals surface area contributed by atoms with Gasteiger partial charge in [0.15, 0.2) is 0 Å². The van der Waals surface area contributed by atoms with Crippen LogP contribution in [0.15, 0.2) is 42.5 Å². The lowest BCUT2D eigenvalue weighted by Crippen LogP contribution is -2.11. The first-order valence-electron chi connectivity index (χ1n) is 7.72. The van der Waals surface area contributed by atoms with Gasteiger partial charge in [0.05, 0.1) is 16.0 Å². The molecule has 3 rings (SSSR count). The van der Waals surface area contributed by atoms with Crippen LogP contribution in [-0.2, 0) is 13.0 Å². The average Bonchev–Trinajstić information content (AvgIpc) is 2.92. The predicted molar refractivity (Wildman–Crippen MR) is 90.7 cm³/mol. The first-order chi connectivity index (χ1) is 11.6. The van der Waals surface area contributed by atoms with Crippen LogP contribution >= 0.6 is 0 Å². The standard InChI is InChI=1S/C17H17FN4O2/c1-2-21-15-9-4-3-7-13(15)20-16(21)10-11-19-14-8-5-6-12(18)17(14)22(23)24/h3-9,19H,2,10-11H2,1H3. The quantitative estimate of drug-likeness (QED) is 0.552. The van der Waals surface area contributed by atoms with Gasteiger partial charge in [-0.1, -0.05) is 18.2 Å². The van der Waals surface area contributed by atoms with Crippen LogP contribution in [0.4, 0.5) is 15.8 Å². The molecular weight excluding hydrogens is 311 g/mol. The number of hydrogen-bond acceptors (Lipinski definition) is 4. The molecule has 0 saturated carbocycles. The number of fused-ring (bicyclic) bond motifs is 1. The van der Waals surface area contributed by atoms with Gasteiger partial charge in [0, 0.05) is 19.5 Å². The number of imidazole rings is 1. The van der Waals surface area contributed by atoms with Crippen molar-refractivity contribution >= 4 is 22.4 Å². The number of aryl methyl sites for hydroxylation is 1. The number of rotatable bonds is 6. The van der Waals surface area contributed by atoms with E-state index in [0.717, 1.165) is 29.5 Å². The van der Waals surface area contributed by atoms with E-state index in [1.54, 1.807) is 0 Å². The summed E-state index contributed by atoms with van der Waals surface area (Å²) in [6.07, 6.45) is 0.580. The number of aromatic nitrogens is 2. The van der Waals surface area contributed by atoms with Gasteiger partial charge in [0.1, 0.15) is 11.5 Å². The fraction of sp³-hybridized carbons (Fsp3) is 0.235. The molecule has 124 valence electrons. The van der Waals surface area contributed by atoms with Crippen LogP contribution in [0.1, 0.15) is 12.7 Å². The summed E-state index contributed by atoms with van der Waals surface area (Å²) in [5.74, 6) is 0.0519. The predicted octanol–water partition coefficient (Wildman–Crippen LogP) is 3.76. The monoisotopic (exact) mass is 328 g/mol. The number of benzene rings is 2. The maximum Gasteiger partial charge on any atom is 0.327 e. The Morgan fingerprint density at radius 3 is 2.79 bits per heavy atom. The summed E-state index contributed by atoms with van der Waals surface area (Å²) in [6.45, 7) is 3.26. The third kappa shape index (κ3) is 2.92. The van der Waals surface area contributed by atoms with E-state index in [-0.39, 0.29) is 5.69 Å². The molecule has 1 aromatic heterocycles. The second-order valence-corrected chi connectivity index (χ2v) is 5.33. The summed E-state index contributed by atoms with van der Waals surface area (Å²) in [5, 5.41) is 13.9. The molecular formula is C17H17FN4O2. The van der Waals surface area contributed by atoms with Crippen molar-refractivity contribution in [3.63, 3.8) is 0 Å². The Bertz CT molecular complexity index is 891. The highest BCUT2D eigenvalue weighted by Gasteiger charge is 2.19. The largest absolute Gasteiger partial charge is 0.379 e. The smallest absolute Gasteiger partial charge is 0.327 e. The number of nitro benzene ring substituents is 1. The second-order valence-electron chi connectivity index (χ2n) is 5.33. The summed E-state index contributed by atoms with van der Waals surface area (Å²) in [4.78, 5) is 14.9. The van der Waals surface area contributed by atoms with E-state index in [0.29, 0.717) is 13.0 Å². The SMILES string of the molecule is CCn1c(CCNc2cccc(F)c2[N+](=O)[O-])nc2ccccc21. The molecule has 6 nitrogen and oxygen atoms in total. The highest BCUT2D eigenvalue weighted by atomic mass is 19.1. The molecule has 0 spiro atoms. The van der Waals surface area contributed by atoms with Crippen LogP contribution in [0.25, 0.3) is 11.0 Å². The normalized spacial score (nSPS) is 10.9. The zero-order chi connectivity index (χ0) is 17.1. The summed E-state index contributed by atoms with van der Waals surface area (Å²) in [6, 6.07) is 11.9. The van der Waals surface area contributed by atoms with Gasteiger partial charge < -0.3 is 9.88 Å². The number of nitro groups is 1. The van der Waals surface area contributed by atoms with Crippen molar-refractivity contribution in [3.8, 4) is 0 Å². The highest BCUT2D eigenvalue weighted by molar-refractivity contribution is 5.75. The Morgan fingerprint density at radius 2 is 2.04 bits per heavy atom. The fourth-order valence-corrected chi connectivity index (χ4v) is 2.82. The third-order valence-corrected chi connectivity index (χ3v) is 3.88. The molecule has 0 aliphatic carbocycles. The molecule has 0 bridgehead atoms. The van der Waals surface area contributed by atoms with Crippen LogP contribution in [0, 0.1) is 15.9 Å². The topological polar surface area (TPSA) is 73.0 Å². The van der Waals surface area contributed by atoms with Crippen LogP contribution in [0.3, 0.4) is 0 Å². The van der Waals surface area contributed by atoms with Gasteiger partial charge in [-0.15, -0.1) is 0 Å². The summed E-state index contributed by atoms with van der Waals surface area (Å²) in [7, 11) is 0. The van der Waals surface area contributed by atoms with Gasteiger partial charge in [0.2, 0.25) is 5.82 Å². The van der Waals surface area contributed by atoms with Gasteiger partial charge >= 0.3 is 5.69 Å². The third-order valence-electron chi connectivity index (χ3n) is 3.88. The molecule has 7 heteroatoms. The molecule has 0 atom stereocenters. The van der Waals surface area contributed by atoms with Crippen LogP contribution in [0.5, 0.6) is 0 Å². The van der Waals surface area contributed by atoms with Crippen LogP contribution in [0.2, 0.25) is 0 Å². The minimum Gasteiger partial charge on any atom is -0.379 e. The molecule has 1 N–H and O–H groups in total. The molecule has 0 unspecified atom stereocenters. The molecule has 1 heterocycles. The van der Waals surface area contributed by atoms with E-state index in [1.165, 1.54) is 12.1 Å². The Kier molecular flexibility index (Phi) is 4.41. The van der Waals surface area contributed by atoms with E-state index >= 15 is 0 Å². The van der Waals surface area contributed by atoms with Crippen LogP contribution < -0.4 is 5.32 Å². The van der Waals surface area contributed by atoms with Gasteiger partial charge in [0.25, 0.3) is 0 Å². The van der Waals surface area contributed by atoms with E-state index in [1.807, 2.05) is 31.2 Å². The number of halogens is 1. The Morgan fingerprint density at radius 1 is 1.25 bits per heavy atom. The lowest BCUT2D eigenvalue weighted by molar-refractivity contribution is -0.386. The molecule has 0 saturated heterocycles. The maximum atomic E-state index is 13.6. The Hall–Kier alpha value is -2.96. The Labute approximate surface area is 138 Å². The molecule has 0 amide bonds. The molecule has 0 radical (unpaired) electrons. The zero-order valence-corrected chi connectivity index (χ0v) is 13.2. The maximum absolute atomic E-state index is 13.6. The number of para-hydroxylation sites is 3. The van der Waals surface area contributed by atoms with Crippen molar-refractivity contribution in [2.24, 2.45) is 0 Å².